The minimum Gasteiger partial charge on any atom is -0.361 e. The second kappa shape index (κ2) is 4.46. The van der Waals surface area contributed by atoms with Crippen molar-refractivity contribution in [2.24, 2.45) is 0 Å². The molecular formula is C16H18N2. The monoisotopic (exact) mass is 238 g/mol. The predicted octanol–water partition coefficient (Wildman–Crippen LogP) is 2.76. The first-order chi connectivity index (χ1) is 8.75. The van der Waals surface area contributed by atoms with Gasteiger partial charge < -0.3 is 4.90 Å². The van der Waals surface area contributed by atoms with E-state index in [-0.39, 0.29) is 0 Å². The van der Waals surface area contributed by atoms with E-state index in [1.807, 2.05) is 0 Å². The molecule has 1 atom stereocenters. The molecule has 1 aliphatic rings. The average Bonchev–Trinajstić information content (AvgIpc) is 2.71. The molecule has 3 rings (SSSR count). The first-order valence-electron chi connectivity index (χ1n) is 6.36. The molecule has 0 aliphatic carbocycles. The fourth-order valence-corrected chi connectivity index (χ4v) is 2.61. The number of fused-ring (bicyclic) bond motifs is 1. The van der Waals surface area contributed by atoms with Crippen LogP contribution in [0.3, 0.4) is 0 Å². The van der Waals surface area contributed by atoms with Gasteiger partial charge in [-0.05, 0) is 16.3 Å². The SMILES string of the molecule is C=C1CN[C@H](Cc2cccc3ccccc23)N1C. The Morgan fingerprint density at radius 1 is 1.22 bits per heavy atom. The Morgan fingerprint density at radius 2 is 2.00 bits per heavy atom. The van der Waals surface area contributed by atoms with Gasteiger partial charge in [0, 0.05) is 25.7 Å². The van der Waals surface area contributed by atoms with E-state index in [0.717, 1.165) is 13.0 Å². The van der Waals surface area contributed by atoms with Crippen LogP contribution in [0.4, 0.5) is 0 Å². The van der Waals surface area contributed by atoms with Crippen molar-refractivity contribution in [2.75, 3.05) is 13.6 Å². The summed E-state index contributed by atoms with van der Waals surface area (Å²) in [5.41, 5.74) is 2.56. The van der Waals surface area contributed by atoms with Crippen LogP contribution in [0.5, 0.6) is 0 Å². The van der Waals surface area contributed by atoms with Crippen molar-refractivity contribution in [3.05, 3.63) is 60.3 Å². The zero-order valence-corrected chi connectivity index (χ0v) is 10.7. The average molecular weight is 238 g/mol. The largest absolute Gasteiger partial charge is 0.361 e. The van der Waals surface area contributed by atoms with Crippen LogP contribution >= 0.6 is 0 Å². The third-order valence-corrected chi connectivity index (χ3v) is 3.80. The van der Waals surface area contributed by atoms with E-state index < -0.39 is 0 Å². The van der Waals surface area contributed by atoms with E-state index >= 15 is 0 Å². The first-order valence-corrected chi connectivity index (χ1v) is 6.36. The Bertz CT molecular complexity index is 583. The van der Waals surface area contributed by atoms with Crippen molar-refractivity contribution in [2.45, 2.75) is 12.6 Å². The number of likely N-dealkylation sites (N-methyl/N-ethyl adjacent to an activating group) is 1. The standard InChI is InChI=1S/C16H18N2/c1-12-11-17-16(18(12)2)10-14-8-5-7-13-6-3-4-9-15(13)14/h3-9,16-17H,1,10-11H2,2H3/t16-/m0/s1. The maximum Gasteiger partial charge on any atom is 0.0833 e. The highest BCUT2D eigenvalue weighted by Crippen LogP contribution is 2.22. The molecule has 0 bridgehead atoms. The van der Waals surface area contributed by atoms with Crippen LogP contribution in [-0.4, -0.2) is 24.7 Å². The quantitative estimate of drug-likeness (QED) is 0.865. The van der Waals surface area contributed by atoms with Crippen molar-refractivity contribution in [3.63, 3.8) is 0 Å². The molecule has 2 aromatic rings. The van der Waals surface area contributed by atoms with Gasteiger partial charge in [0.25, 0.3) is 0 Å². The van der Waals surface area contributed by atoms with Crippen molar-refractivity contribution in [1.82, 2.24) is 10.2 Å². The minimum atomic E-state index is 0.364. The summed E-state index contributed by atoms with van der Waals surface area (Å²) < 4.78 is 0. The third kappa shape index (κ3) is 1.89. The highest BCUT2D eigenvalue weighted by atomic mass is 15.3. The molecule has 1 saturated heterocycles. The van der Waals surface area contributed by atoms with Crippen LogP contribution < -0.4 is 5.32 Å². The van der Waals surface area contributed by atoms with Gasteiger partial charge in [-0.25, -0.2) is 0 Å². The van der Waals surface area contributed by atoms with Crippen LogP contribution in [0.15, 0.2) is 54.7 Å². The minimum absolute atomic E-state index is 0.364. The van der Waals surface area contributed by atoms with Crippen LogP contribution in [0.2, 0.25) is 0 Å². The van der Waals surface area contributed by atoms with Gasteiger partial charge in [-0.1, -0.05) is 49.0 Å². The molecule has 0 amide bonds. The molecule has 0 aromatic heterocycles. The lowest BCUT2D eigenvalue weighted by atomic mass is 10.0. The van der Waals surface area contributed by atoms with Gasteiger partial charge in [-0.2, -0.15) is 0 Å². The predicted molar refractivity (Wildman–Crippen MR) is 76.3 cm³/mol. The van der Waals surface area contributed by atoms with E-state index in [1.165, 1.54) is 22.0 Å². The van der Waals surface area contributed by atoms with E-state index in [4.69, 9.17) is 0 Å². The van der Waals surface area contributed by atoms with Crippen molar-refractivity contribution in [3.8, 4) is 0 Å². The summed E-state index contributed by atoms with van der Waals surface area (Å²) in [5.74, 6) is 0. The molecular weight excluding hydrogens is 220 g/mol. The summed E-state index contributed by atoms with van der Waals surface area (Å²) in [7, 11) is 2.11. The Kier molecular flexibility index (Phi) is 2.80. The van der Waals surface area contributed by atoms with Gasteiger partial charge in [0.05, 0.1) is 6.17 Å². The summed E-state index contributed by atoms with van der Waals surface area (Å²) in [5, 5.41) is 6.16. The zero-order valence-electron chi connectivity index (χ0n) is 10.7. The summed E-state index contributed by atoms with van der Waals surface area (Å²) >= 11 is 0. The molecule has 1 N–H and O–H groups in total. The fourth-order valence-electron chi connectivity index (χ4n) is 2.61. The summed E-state index contributed by atoms with van der Waals surface area (Å²) in [6, 6.07) is 15.1. The Morgan fingerprint density at radius 3 is 2.78 bits per heavy atom. The summed E-state index contributed by atoms with van der Waals surface area (Å²) in [6.07, 6.45) is 1.37. The molecule has 2 nitrogen and oxygen atoms in total. The summed E-state index contributed by atoms with van der Waals surface area (Å²) in [6.45, 7) is 4.95. The first kappa shape index (κ1) is 11.3. The van der Waals surface area contributed by atoms with Crippen molar-refractivity contribution >= 4 is 10.8 Å². The number of hydrogen-bond donors (Lipinski definition) is 1. The number of nitrogens with one attached hydrogen (secondary N) is 1. The third-order valence-electron chi connectivity index (χ3n) is 3.80. The van der Waals surface area contributed by atoms with Gasteiger partial charge >= 0.3 is 0 Å². The lowest BCUT2D eigenvalue weighted by Gasteiger charge is -2.22. The topological polar surface area (TPSA) is 15.3 Å². The molecule has 2 heteroatoms. The normalized spacial score (nSPS) is 19.7. The fraction of sp³-hybridized carbons (Fsp3) is 0.250. The van der Waals surface area contributed by atoms with E-state index in [0.29, 0.717) is 6.17 Å². The highest BCUT2D eigenvalue weighted by Gasteiger charge is 2.22. The van der Waals surface area contributed by atoms with E-state index in [1.54, 1.807) is 0 Å². The van der Waals surface area contributed by atoms with Gasteiger partial charge in [-0.3, -0.25) is 5.32 Å². The van der Waals surface area contributed by atoms with Crippen LogP contribution in [0.1, 0.15) is 5.56 Å². The molecule has 1 fully saturated rings. The Hall–Kier alpha value is -1.80. The lowest BCUT2D eigenvalue weighted by molar-refractivity contribution is 0.327. The molecule has 92 valence electrons. The molecule has 18 heavy (non-hydrogen) atoms. The molecule has 0 spiro atoms. The highest BCUT2D eigenvalue weighted by molar-refractivity contribution is 5.85. The second-order valence-corrected chi connectivity index (χ2v) is 4.92. The molecule has 0 saturated carbocycles. The molecule has 0 radical (unpaired) electrons. The van der Waals surface area contributed by atoms with Crippen LogP contribution in [0, 0.1) is 0 Å². The molecule has 0 unspecified atom stereocenters. The molecule has 1 heterocycles. The molecule has 2 aromatic carbocycles. The zero-order chi connectivity index (χ0) is 12.5. The lowest BCUT2D eigenvalue weighted by Crippen LogP contribution is -2.34. The number of nitrogens with zero attached hydrogens (tertiary/aromatic N) is 1. The van der Waals surface area contributed by atoms with Crippen molar-refractivity contribution in [1.29, 1.82) is 0 Å². The second-order valence-electron chi connectivity index (χ2n) is 4.92. The number of hydrogen-bond acceptors (Lipinski definition) is 2. The smallest absolute Gasteiger partial charge is 0.0833 e. The van der Waals surface area contributed by atoms with Gasteiger partial charge in [0.15, 0.2) is 0 Å². The summed E-state index contributed by atoms with van der Waals surface area (Å²) in [4.78, 5) is 2.24. The van der Waals surface area contributed by atoms with E-state index in [2.05, 4.69) is 66.3 Å². The van der Waals surface area contributed by atoms with Gasteiger partial charge in [0.1, 0.15) is 0 Å². The van der Waals surface area contributed by atoms with Gasteiger partial charge in [0.2, 0.25) is 0 Å². The molecule has 1 aliphatic heterocycles. The van der Waals surface area contributed by atoms with Crippen molar-refractivity contribution < 1.29 is 0 Å². The number of rotatable bonds is 2. The van der Waals surface area contributed by atoms with Crippen LogP contribution in [-0.2, 0) is 6.42 Å². The van der Waals surface area contributed by atoms with Crippen LogP contribution in [0.25, 0.3) is 10.8 Å². The number of benzene rings is 2. The van der Waals surface area contributed by atoms with Gasteiger partial charge in [-0.15, -0.1) is 0 Å². The Labute approximate surface area is 108 Å². The maximum absolute atomic E-state index is 4.05. The maximum atomic E-state index is 4.05. The Balaban J connectivity index is 1.93. The van der Waals surface area contributed by atoms with E-state index in [9.17, 15) is 0 Å².